The van der Waals surface area contributed by atoms with Crippen LogP contribution in [0.4, 0.5) is 19.1 Å². The number of nitrogens with zero attached hydrogens (tertiary/aromatic N) is 2. The number of anilines is 1. The summed E-state index contributed by atoms with van der Waals surface area (Å²) >= 11 is 0. The zero-order valence-corrected chi connectivity index (χ0v) is 9.92. The molecule has 1 aliphatic carbocycles. The van der Waals surface area contributed by atoms with E-state index in [4.69, 9.17) is 4.74 Å². The maximum atomic E-state index is 12.6. The van der Waals surface area contributed by atoms with Gasteiger partial charge in [0.2, 0.25) is 11.8 Å². The SMILES string of the molecule is CNc1nc(OCCC2CC2)cc(C(F)(F)F)n1. The maximum absolute atomic E-state index is 12.6. The van der Waals surface area contributed by atoms with Gasteiger partial charge in [-0.15, -0.1) is 0 Å². The zero-order valence-electron chi connectivity index (χ0n) is 9.92. The van der Waals surface area contributed by atoms with Crippen molar-refractivity contribution >= 4 is 5.95 Å². The lowest BCUT2D eigenvalue weighted by Crippen LogP contribution is -2.12. The van der Waals surface area contributed by atoms with Gasteiger partial charge in [0.25, 0.3) is 0 Å². The molecule has 1 fully saturated rings. The average Bonchev–Trinajstić information content (AvgIpc) is 3.11. The molecule has 1 N–H and O–H groups in total. The van der Waals surface area contributed by atoms with Crippen molar-refractivity contribution in [2.45, 2.75) is 25.4 Å². The monoisotopic (exact) mass is 261 g/mol. The van der Waals surface area contributed by atoms with Crippen LogP contribution in [0.25, 0.3) is 0 Å². The van der Waals surface area contributed by atoms with Crippen molar-refractivity contribution in [3.8, 4) is 5.88 Å². The average molecular weight is 261 g/mol. The number of hydrogen-bond acceptors (Lipinski definition) is 4. The predicted octanol–water partition coefficient (Wildman–Crippen LogP) is 2.72. The van der Waals surface area contributed by atoms with E-state index in [1.165, 1.54) is 19.9 Å². The summed E-state index contributed by atoms with van der Waals surface area (Å²) < 4.78 is 43.0. The maximum Gasteiger partial charge on any atom is 0.433 e. The number of hydrogen-bond donors (Lipinski definition) is 1. The fraction of sp³-hybridized carbons (Fsp3) is 0.636. The number of alkyl halides is 3. The van der Waals surface area contributed by atoms with Crippen molar-refractivity contribution in [3.63, 3.8) is 0 Å². The van der Waals surface area contributed by atoms with Crippen molar-refractivity contribution in [2.75, 3.05) is 19.0 Å². The van der Waals surface area contributed by atoms with E-state index in [1.54, 1.807) is 0 Å². The Morgan fingerprint density at radius 1 is 1.39 bits per heavy atom. The first kappa shape index (κ1) is 12.9. The van der Waals surface area contributed by atoms with Gasteiger partial charge in [-0.1, -0.05) is 12.8 Å². The Labute approximate surface area is 103 Å². The van der Waals surface area contributed by atoms with Gasteiger partial charge in [0.05, 0.1) is 6.61 Å². The van der Waals surface area contributed by atoms with E-state index in [1.807, 2.05) is 0 Å². The smallest absolute Gasteiger partial charge is 0.433 e. The third kappa shape index (κ3) is 3.48. The summed E-state index contributed by atoms with van der Waals surface area (Å²) in [5.74, 6) is 0.534. The molecule has 0 aromatic carbocycles. The van der Waals surface area contributed by atoms with Crippen LogP contribution in [-0.4, -0.2) is 23.6 Å². The molecular formula is C11H14F3N3O. The van der Waals surface area contributed by atoms with Crippen LogP contribution in [0.5, 0.6) is 5.88 Å². The molecule has 100 valence electrons. The highest BCUT2D eigenvalue weighted by Crippen LogP contribution is 2.33. The molecule has 1 saturated carbocycles. The molecule has 1 heterocycles. The minimum Gasteiger partial charge on any atom is -0.478 e. The van der Waals surface area contributed by atoms with E-state index < -0.39 is 11.9 Å². The van der Waals surface area contributed by atoms with Gasteiger partial charge in [0, 0.05) is 13.1 Å². The van der Waals surface area contributed by atoms with Gasteiger partial charge in [-0.25, -0.2) is 4.98 Å². The normalized spacial score (nSPS) is 15.6. The van der Waals surface area contributed by atoms with E-state index in [9.17, 15) is 13.2 Å². The summed E-state index contributed by atoms with van der Waals surface area (Å²) in [6, 6.07) is 0.827. The lowest BCUT2D eigenvalue weighted by Gasteiger charge is -2.10. The Kier molecular flexibility index (Phi) is 3.58. The standard InChI is InChI=1S/C11H14F3N3O/c1-15-10-16-8(11(12,13)14)6-9(17-10)18-5-4-7-2-3-7/h6-7H,2-5H2,1H3,(H,15,16,17). The van der Waals surface area contributed by atoms with Crippen molar-refractivity contribution in [2.24, 2.45) is 5.92 Å². The summed E-state index contributed by atoms with van der Waals surface area (Å²) in [4.78, 5) is 7.19. The molecule has 0 amide bonds. The van der Waals surface area contributed by atoms with Crippen LogP contribution in [-0.2, 0) is 6.18 Å². The van der Waals surface area contributed by atoms with Crippen molar-refractivity contribution in [3.05, 3.63) is 11.8 Å². The molecular weight excluding hydrogens is 247 g/mol. The first-order valence-corrected chi connectivity index (χ1v) is 5.76. The quantitative estimate of drug-likeness (QED) is 0.885. The van der Waals surface area contributed by atoms with Crippen molar-refractivity contribution in [1.29, 1.82) is 0 Å². The van der Waals surface area contributed by atoms with Crippen LogP contribution in [0.2, 0.25) is 0 Å². The fourth-order valence-electron chi connectivity index (χ4n) is 1.49. The lowest BCUT2D eigenvalue weighted by molar-refractivity contribution is -0.141. The Morgan fingerprint density at radius 2 is 2.11 bits per heavy atom. The van der Waals surface area contributed by atoms with E-state index in [2.05, 4.69) is 15.3 Å². The Morgan fingerprint density at radius 3 is 2.67 bits per heavy atom. The highest BCUT2D eigenvalue weighted by molar-refractivity contribution is 5.31. The molecule has 0 unspecified atom stereocenters. The first-order chi connectivity index (χ1) is 8.49. The Bertz CT molecular complexity index is 418. The van der Waals surface area contributed by atoms with Crippen molar-refractivity contribution < 1.29 is 17.9 Å². The zero-order chi connectivity index (χ0) is 13.2. The van der Waals surface area contributed by atoms with Crippen LogP contribution in [0.1, 0.15) is 25.0 Å². The third-order valence-electron chi connectivity index (χ3n) is 2.69. The highest BCUT2D eigenvalue weighted by Gasteiger charge is 2.34. The molecule has 0 bridgehead atoms. The van der Waals surface area contributed by atoms with Crippen molar-refractivity contribution in [1.82, 2.24) is 9.97 Å². The second-order valence-corrected chi connectivity index (χ2v) is 4.24. The second kappa shape index (κ2) is 4.99. The number of ether oxygens (including phenoxy) is 1. The lowest BCUT2D eigenvalue weighted by atomic mass is 10.3. The summed E-state index contributed by atoms with van der Waals surface area (Å²) in [6.45, 7) is 0.391. The second-order valence-electron chi connectivity index (χ2n) is 4.24. The first-order valence-electron chi connectivity index (χ1n) is 5.76. The van der Waals surface area contributed by atoms with Crippen LogP contribution in [0.15, 0.2) is 6.07 Å². The minimum absolute atomic E-state index is 0.0395. The molecule has 0 saturated heterocycles. The largest absolute Gasteiger partial charge is 0.478 e. The minimum atomic E-state index is -4.50. The molecule has 1 aromatic rings. The number of aromatic nitrogens is 2. The predicted molar refractivity (Wildman–Crippen MR) is 59.4 cm³/mol. The van der Waals surface area contributed by atoms with Crippen LogP contribution >= 0.6 is 0 Å². The van der Waals surface area contributed by atoms with Crippen LogP contribution < -0.4 is 10.1 Å². The van der Waals surface area contributed by atoms with Crippen LogP contribution in [0.3, 0.4) is 0 Å². The Balaban J connectivity index is 2.07. The molecule has 4 nitrogen and oxygen atoms in total. The molecule has 18 heavy (non-hydrogen) atoms. The van der Waals surface area contributed by atoms with Gasteiger partial charge in [-0.2, -0.15) is 18.2 Å². The Hall–Kier alpha value is -1.53. The van der Waals surface area contributed by atoms with Gasteiger partial charge >= 0.3 is 6.18 Å². The number of halogens is 3. The third-order valence-corrected chi connectivity index (χ3v) is 2.69. The molecule has 7 heteroatoms. The molecule has 0 aliphatic heterocycles. The van der Waals surface area contributed by atoms with E-state index in [-0.39, 0.29) is 11.8 Å². The van der Waals surface area contributed by atoms with E-state index in [0.29, 0.717) is 12.5 Å². The van der Waals surface area contributed by atoms with Crippen LogP contribution in [0, 0.1) is 5.92 Å². The van der Waals surface area contributed by atoms with Gasteiger partial charge in [0.15, 0.2) is 5.69 Å². The molecule has 2 rings (SSSR count). The molecule has 1 aromatic heterocycles. The topological polar surface area (TPSA) is 47.0 Å². The number of rotatable bonds is 5. The fourth-order valence-corrected chi connectivity index (χ4v) is 1.49. The van der Waals surface area contributed by atoms with E-state index >= 15 is 0 Å². The summed E-state index contributed by atoms with van der Waals surface area (Å²) in [6.07, 6.45) is -1.27. The van der Waals surface area contributed by atoms with E-state index in [0.717, 1.165) is 12.5 Å². The summed E-state index contributed by atoms with van der Waals surface area (Å²) in [7, 11) is 1.46. The molecule has 0 atom stereocenters. The molecule has 1 aliphatic rings. The molecule has 0 radical (unpaired) electrons. The summed E-state index contributed by atoms with van der Waals surface area (Å²) in [5.41, 5.74) is -0.997. The van der Waals surface area contributed by atoms with Gasteiger partial charge in [-0.3, -0.25) is 0 Å². The number of nitrogens with one attached hydrogen (secondary N) is 1. The van der Waals surface area contributed by atoms with Gasteiger partial charge < -0.3 is 10.1 Å². The summed E-state index contributed by atoms with van der Waals surface area (Å²) in [5, 5.41) is 2.49. The van der Waals surface area contributed by atoms with Gasteiger partial charge in [0.1, 0.15) is 0 Å². The molecule has 0 spiro atoms. The highest BCUT2D eigenvalue weighted by atomic mass is 19.4. The van der Waals surface area contributed by atoms with Gasteiger partial charge in [-0.05, 0) is 12.3 Å².